The first-order valence-corrected chi connectivity index (χ1v) is 4.40. The number of ether oxygens (including phenoxy) is 1. The van der Waals surface area contributed by atoms with E-state index in [1.807, 2.05) is 0 Å². The first-order chi connectivity index (χ1) is 6.69. The molecule has 0 amide bonds. The topological polar surface area (TPSA) is 44.5 Å². The van der Waals surface area contributed by atoms with Crippen LogP contribution in [0.15, 0.2) is 12.1 Å². The van der Waals surface area contributed by atoms with Crippen LogP contribution in [-0.2, 0) is 11.3 Å². The molecule has 2 N–H and O–H groups in total. The van der Waals surface area contributed by atoms with Gasteiger partial charge in [-0.05, 0) is 11.6 Å². The number of halogens is 2. The summed E-state index contributed by atoms with van der Waals surface area (Å²) in [5, 5.41) is 0.426. The van der Waals surface area contributed by atoms with E-state index in [1.54, 1.807) is 0 Å². The lowest BCUT2D eigenvalue weighted by Crippen LogP contribution is -2.05. The fourth-order valence-corrected chi connectivity index (χ4v) is 1.35. The normalized spacial score (nSPS) is 10.3. The van der Waals surface area contributed by atoms with E-state index >= 15 is 0 Å². The molecule has 0 unspecified atom stereocenters. The van der Waals surface area contributed by atoms with Crippen molar-refractivity contribution in [2.75, 3.05) is 13.7 Å². The van der Waals surface area contributed by atoms with Gasteiger partial charge in [0, 0.05) is 17.5 Å². The van der Waals surface area contributed by atoms with Crippen molar-refractivity contribution < 1.29 is 14.0 Å². The highest BCUT2D eigenvalue weighted by atomic mass is 35.5. The molecule has 0 spiro atoms. The third-order valence-electron chi connectivity index (χ3n) is 1.79. The molecule has 0 aliphatic carbocycles. The molecular weight excluding hydrogens is 209 g/mol. The summed E-state index contributed by atoms with van der Waals surface area (Å²) in [7, 11) is 1.39. The predicted molar refractivity (Wildman–Crippen MR) is 51.8 cm³/mol. The molecule has 0 aromatic heterocycles. The summed E-state index contributed by atoms with van der Waals surface area (Å²) in [5.74, 6) is 4.56. The van der Waals surface area contributed by atoms with Gasteiger partial charge in [-0.15, -0.1) is 0 Å². The molecule has 0 saturated heterocycles. The van der Waals surface area contributed by atoms with Crippen molar-refractivity contribution in [2.24, 2.45) is 5.90 Å². The minimum atomic E-state index is -0.422. The first-order valence-electron chi connectivity index (χ1n) is 4.02. The van der Waals surface area contributed by atoms with Crippen molar-refractivity contribution in [3.8, 4) is 5.75 Å². The summed E-state index contributed by atoms with van der Waals surface area (Å²) in [4.78, 5) is 4.36. The number of methoxy groups -OCH3 is 1. The zero-order valence-electron chi connectivity index (χ0n) is 7.72. The van der Waals surface area contributed by atoms with Crippen LogP contribution in [-0.4, -0.2) is 13.7 Å². The number of benzene rings is 1. The highest BCUT2D eigenvalue weighted by Gasteiger charge is 2.10. The third kappa shape index (κ3) is 2.57. The molecule has 0 bridgehead atoms. The van der Waals surface area contributed by atoms with Gasteiger partial charge < -0.3 is 9.57 Å². The van der Waals surface area contributed by atoms with E-state index in [0.717, 1.165) is 0 Å². The Bertz CT molecular complexity index is 320. The molecule has 14 heavy (non-hydrogen) atoms. The molecule has 3 nitrogen and oxygen atoms in total. The first kappa shape index (κ1) is 11.2. The lowest BCUT2D eigenvalue weighted by Gasteiger charge is -2.07. The Balaban J connectivity index is 2.96. The van der Waals surface area contributed by atoms with Crippen LogP contribution >= 0.6 is 11.6 Å². The molecule has 0 heterocycles. The van der Waals surface area contributed by atoms with E-state index in [1.165, 1.54) is 19.2 Å². The van der Waals surface area contributed by atoms with Crippen molar-refractivity contribution in [1.29, 1.82) is 0 Å². The van der Waals surface area contributed by atoms with Crippen LogP contribution in [0, 0.1) is 5.82 Å². The molecule has 0 saturated carbocycles. The Kier molecular flexibility index (Phi) is 4.13. The predicted octanol–water partition coefficient (Wildman–Crippen LogP) is 1.92. The number of rotatable bonds is 4. The van der Waals surface area contributed by atoms with Crippen molar-refractivity contribution in [2.45, 2.75) is 6.42 Å². The van der Waals surface area contributed by atoms with Crippen molar-refractivity contribution >= 4 is 11.6 Å². The van der Waals surface area contributed by atoms with Crippen molar-refractivity contribution in [1.82, 2.24) is 0 Å². The minimum Gasteiger partial charge on any atom is -0.494 e. The molecular formula is C9H11ClFNO2. The molecule has 0 atom stereocenters. The van der Waals surface area contributed by atoms with Gasteiger partial charge in [-0.1, -0.05) is 11.6 Å². The van der Waals surface area contributed by atoms with E-state index in [4.69, 9.17) is 22.2 Å². The highest BCUT2D eigenvalue weighted by molar-refractivity contribution is 6.30. The van der Waals surface area contributed by atoms with E-state index in [-0.39, 0.29) is 12.4 Å². The van der Waals surface area contributed by atoms with E-state index in [0.29, 0.717) is 17.0 Å². The Morgan fingerprint density at radius 2 is 2.21 bits per heavy atom. The highest BCUT2D eigenvalue weighted by Crippen LogP contribution is 2.25. The number of nitrogens with two attached hydrogens (primary N) is 1. The smallest absolute Gasteiger partial charge is 0.168 e. The van der Waals surface area contributed by atoms with Crippen molar-refractivity contribution in [3.05, 3.63) is 28.5 Å². The number of hydrogen-bond donors (Lipinski definition) is 1. The molecule has 1 aromatic carbocycles. The monoisotopic (exact) mass is 219 g/mol. The second kappa shape index (κ2) is 5.14. The fraction of sp³-hybridized carbons (Fsp3) is 0.333. The number of hydrogen-bond acceptors (Lipinski definition) is 3. The lowest BCUT2D eigenvalue weighted by molar-refractivity contribution is 0.140. The summed E-state index contributed by atoms with van der Waals surface area (Å²) in [6, 6.07) is 2.95. The van der Waals surface area contributed by atoms with Gasteiger partial charge in [0.05, 0.1) is 13.7 Å². The van der Waals surface area contributed by atoms with E-state index < -0.39 is 5.82 Å². The summed E-state index contributed by atoms with van der Waals surface area (Å²) in [5.41, 5.74) is 0.430. The zero-order chi connectivity index (χ0) is 10.6. The molecule has 78 valence electrons. The van der Waals surface area contributed by atoms with Crippen LogP contribution in [0.3, 0.4) is 0 Å². The summed E-state index contributed by atoms with van der Waals surface area (Å²) >= 11 is 5.76. The van der Waals surface area contributed by atoms with Crippen LogP contribution in [0.25, 0.3) is 0 Å². The second-order valence-corrected chi connectivity index (χ2v) is 3.14. The van der Waals surface area contributed by atoms with Gasteiger partial charge in [0.15, 0.2) is 11.6 Å². The maximum Gasteiger partial charge on any atom is 0.168 e. The van der Waals surface area contributed by atoms with Gasteiger partial charge in [0.25, 0.3) is 0 Å². The van der Waals surface area contributed by atoms with Crippen LogP contribution in [0.5, 0.6) is 5.75 Å². The molecule has 1 rings (SSSR count). The second-order valence-electron chi connectivity index (χ2n) is 2.70. The summed E-state index contributed by atoms with van der Waals surface area (Å²) < 4.78 is 18.3. The van der Waals surface area contributed by atoms with Crippen LogP contribution in [0.2, 0.25) is 5.02 Å². The van der Waals surface area contributed by atoms with Gasteiger partial charge in [0.1, 0.15) is 0 Å². The van der Waals surface area contributed by atoms with Gasteiger partial charge in [-0.3, -0.25) is 0 Å². The molecule has 0 radical (unpaired) electrons. The van der Waals surface area contributed by atoms with Gasteiger partial charge in [-0.25, -0.2) is 10.3 Å². The van der Waals surface area contributed by atoms with Gasteiger partial charge in [-0.2, -0.15) is 0 Å². The quantitative estimate of drug-likeness (QED) is 0.787. The third-order valence-corrected chi connectivity index (χ3v) is 2.01. The SMILES string of the molecule is COc1cc(Cl)cc(CCON)c1F. The largest absolute Gasteiger partial charge is 0.494 e. The Morgan fingerprint density at radius 1 is 1.50 bits per heavy atom. The Labute approximate surface area is 86.5 Å². The average molecular weight is 220 g/mol. The fourth-order valence-electron chi connectivity index (χ4n) is 1.12. The molecule has 0 aliphatic rings. The van der Waals surface area contributed by atoms with Crippen LogP contribution in [0.4, 0.5) is 4.39 Å². The zero-order valence-corrected chi connectivity index (χ0v) is 8.47. The summed E-state index contributed by atoms with van der Waals surface area (Å²) in [6.07, 6.45) is 0.360. The molecule has 5 heteroatoms. The lowest BCUT2D eigenvalue weighted by atomic mass is 10.1. The van der Waals surface area contributed by atoms with E-state index in [2.05, 4.69) is 4.84 Å². The minimum absolute atomic E-state index is 0.129. The van der Waals surface area contributed by atoms with Crippen LogP contribution in [0.1, 0.15) is 5.56 Å². The molecule has 0 fully saturated rings. The molecule has 1 aromatic rings. The Morgan fingerprint density at radius 3 is 2.79 bits per heavy atom. The van der Waals surface area contributed by atoms with Crippen molar-refractivity contribution in [3.63, 3.8) is 0 Å². The average Bonchev–Trinajstić information content (AvgIpc) is 2.18. The maximum absolute atomic E-state index is 13.5. The standard InChI is InChI=1S/C9H11ClFNO2/c1-13-8-5-7(10)4-6(9(8)11)2-3-14-12/h4-5H,2-3,12H2,1H3. The van der Waals surface area contributed by atoms with Gasteiger partial charge in [0.2, 0.25) is 0 Å². The Hall–Kier alpha value is -0.840. The van der Waals surface area contributed by atoms with Crippen LogP contribution < -0.4 is 10.6 Å². The maximum atomic E-state index is 13.5. The van der Waals surface area contributed by atoms with E-state index in [9.17, 15) is 4.39 Å². The molecule has 0 aliphatic heterocycles. The summed E-state index contributed by atoms with van der Waals surface area (Å²) in [6.45, 7) is 0.237. The van der Waals surface area contributed by atoms with Gasteiger partial charge >= 0.3 is 0 Å².